The zero-order chi connectivity index (χ0) is 15.6. The third-order valence-corrected chi connectivity index (χ3v) is 5.66. The molecule has 9 heteroatoms. The summed E-state index contributed by atoms with van der Waals surface area (Å²) in [6.45, 7) is 2.31. The molecule has 20 heavy (non-hydrogen) atoms. The number of hydrogen-bond acceptors (Lipinski definition) is 6. The predicted octanol–water partition coefficient (Wildman–Crippen LogP) is -0.710. The summed E-state index contributed by atoms with van der Waals surface area (Å²) in [6, 6.07) is 0. The Bertz CT molecular complexity index is 494. The lowest BCUT2D eigenvalue weighted by atomic mass is 9.84. The van der Waals surface area contributed by atoms with Crippen LogP contribution in [0.4, 0.5) is 0 Å². The Morgan fingerprint density at radius 2 is 1.70 bits per heavy atom. The van der Waals surface area contributed by atoms with Crippen molar-refractivity contribution in [1.82, 2.24) is 5.43 Å². The molecular weight excluding hydrogens is 286 g/mol. The van der Waals surface area contributed by atoms with E-state index in [-0.39, 0.29) is 12.8 Å². The molecule has 2 amide bonds. The third-order valence-electron chi connectivity index (χ3n) is 3.68. The molecule has 0 aromatic rings. The molecule has 1 aliphatic rings. The molecule has 116 valence electrons. The van der Waals surface area contributed by atoms with E-state index in [1.807, 2.05) is 0 Å². The molecule has 1 aliphatic carbocycles. The van der Waals surface area contributed by atoms with Gasteiger partial charge in [0.1, 0.15) is 0 Å². The summed E-state index contributed by atoms with van der Waals surface area (Å²) in [5.74, 6) is 3.22. The Kier molecular flexibility index (Phi) is 4.78. The van der Waals surface area contributed by atoms with Gasteiger partial charge in [-0.1, -0.05) is 6.42 Å². The van der Waals surface area contributed by atoms with Crippen LogP contribution in [0.1, 0.15) is 46.0 Å². The molecule has 0 aromatic heterocycles. The third kappa shape index (κ3) is 2.94. The largest absolute Gasteiger partial charge is 0.367 e. The van der Waals surface area contributed by atoms with E-state index in [1.54, 1.807) is 5.43 Å². The Balaban J connectivity index is 3.10. The van der Waals surface area contributed by atoms with Gasteiger partial charge in [-0.25, -0.2) is 5.84 Å². The van der Waals surface area contributed by atoms with Gasteiger partial charge in [-0.3, -0.25) is 19.2 Å². The monoisotopic (exact) mass is 307 g/mol. The van der Waals surface area contributed by atoms with Gasteiger partial charge in [-0.05, 0) is 39.5 Å². The van der Waals surface area contributed by atoms with Gasteiger partial charge in [0, 0.05) is 0 Å². The number of nitrogens with two attached hydrogens (primary N) is 2. The minimum absolute atomic E-state index is 0.224. The number of amides is 2. The first-order chi connectivity index (χ1) is 9.09. The van der Waals surface area contributed by atoms with Crippen LogP contribution in [0.15, 0.2) is 0 Å². The van der Waals surface area contributed by atoms with Crippen molar-refractivity contribution in [2.45, 2.75) is 56.3 Å². The van der Waals surface area contributed by atoms with Crippen LogP contribution in [0.3, 0.4) is 0 Å². The highest BCUT2D eigenvalue weighted by Crippen LogP contribution is 2.35. The van der Waals surface area contributed by atoms with Crippen molar-refractivity contribution in [3.63, 3.8) is 0 Å². The van der Waals surface area contributed by atoms with Crippen molar-refractivity contribution in [2.24, 2.45) is 11.6 Å². The first-order valence-corrected chi connectivity index (χ1v) is 7.76. The summed E-state index contributed by atoms with van der Waals surface area (Å²) >= 11 is 0. The first kappa shape index (κ1) is 16.9. The van der Waals surface area contributed by atoms with Crippen molar-refractivity contribution in [3.8, 4) is 0 Å². The topological polar surface area (TPSA) is 142 Å². The molecule has 1 saturated carbocycles. The molecule has 0 spiro atoms. The number of hydrazine groups is 1. The number of primary amides is 1. The molecule has 0 bridgehead atoms. The van der Waals surface area contributed by atoms with E-state index >= 15 is 0 Å². The maximum absolute atomic E-state index is 12.3. The highest BCUT2D eigenvalue weighted by Gasteiger charge is 2.50. The van der Waals surface area contributed by atoms with Gasteiger partial charge in [0.15, 0.2) is 10.3 Å². The second-order valence-electron chi connectivity index (χ2n) is 5.44. The number of carbonyl (C=O) groups excluding carboxylic acids is 2. The summed E-state index contributed by atoms with van der Waals surface area (Å²) < 4.78 is 27.8. The van der Waals surface area contributed by atoms with E-state index in [0.717, 1.165) is 20.3 Å². The second kappa shape index (κ2) is 5.66. The fraction of sp³-hybridized carbons (Fsp3) is 0.818. The fourth-order valence-corrected chi connectivity index (χ4v) is 3.26. The van der Waals surface area contributed by atoms with Crippen LogP contribution in [-0.4, -0.2) is 30.6 Å². The number of nitrogens with one attached hydrogen (secondary N) is 1. The van der Waals surface area contributed by atoms with Gasteiger partial charge in [0.05, 0.1) is 0 Å². The van der Waals surface area contributed by atoms with Crippen LogP contribution < -0.4 is 17.0 Å². The Hall–Kier alpha value is -1.19. The van der Waals surface area contributed by atoms with Crippen molar-refractivity contribution in [1.29, 1.82) is 0 Å². The summed E-state index contributed by atoms with van der Waals surface area (Å²) in [5, 5.41) is 0. The SMILES string of the molecule is CC(C)(C(=O)NN)S(=O)(=O)OC1(C(N)=O)CCCCC1. The van der Waals surface area contributed by atoms with Crippen molar-refractivity contribution >= 4 is 21.9 Å². The molecular formula is C11H21N3O5S. The molecule has 0 radical (unpaired) electrons. The molecule has 0 aliphatic heterocycles. The van der Waals surface area contributed by atoms with Gasteiger partial charge in [-0.2, -0.15) is 8.42 Å². The van der Waals surface area contributed by atoms with Crippen molar-refractivity contribution in [2.75, 3.05) is 0 Å². The van der Waals surface area contributed by atoms with Crippen molar-refractivity contribution in [3.05, 3.63) is 0 Å². The smallest absolute Gasteiger partial charge is 0.282 e. The summed E-state index contributed by atoms with van der Waals surface area (Å²) in [4.78, 5) is 23.2. The van der Waals surface area contributed by atoms with Crippen LogP contribution in [-0.2, 0) is 23.9 Å². The molecule has 0 heterocycles. The first-order valence-electron chi connectivity index (χ1n) is 6.35. The second-order valence-corrected chi connectivity index (χ2v) is 7.54. The van der Waals surface area contributed by atoms with E-state index < -0.39 is 32.3 Å². The van der Waals surface area contributed by atoms with E-state index in [0.29, 0.717) is 12.8 Å². The molecule has 0 aromatic carbocycles. The average molecular weight is 307 g/mol. The zero-order valence-corrected chi connectivity index (χ0v) is 12.5. The lowest BCUT2D eigenvalue weighted by Gasteiger charge is -2.35. The molecule has 0 atom stereocenters. The highest BCUT2D eigenvalue weighted by molar-refractivity contribution is 7.89. The van der Waals surface area contributed by atoms with E-state index in [9.17, 15) is 18.0 Å². The maximum Gasteiger partial charge on any atom is 0.282 e. The molecule has 1 rings (SSSR count). The molecule has 0 unspecified atom stereocenters. The van der Waals surface area contributed by atoms with E-state index in [1.165, 1.54) is 0 Å². The van der Waals surface area contributed by atoms with Gasteiger partial charge >= 0.3 is 0 Å². The normalized spacial score (nSPS) is 19.4. The lowest BCUT2D eigenvalue weighted by Crippen LogP contribution is -2.56. The standard InChI is InChI=1S/C11H21N3O5S/c1-10(2,9(16)14-13)20(17,18)19-11(8(12)15)6-4-3-5-7-11/h3-7,13H2,1-2H3,(H2,12,15)(H,14,16). The van der Waals surface area contributed by atoms with E-state index in [4.69, 9.17) is 15.8 Å². The van der Waals surface area contributed by atoms with Gasteiger partial charge in [0.2, 0.25) is 0 Å². The van der Waals surface area contributed by atoms with Crippen LogP contribution >= 0.6 is 0 Å². The van der Waals surface area contributed by atoms with E-state index in [2.05, 4.69) is 0 Å². The number of hydrogen-bond donors (Lipinski definition) is 3. The Morgan fingerprint density at radius 1 is 1.20 bits per heavy atom. The number of carbonyl (C=O) groups is 2. The summed E-state index contributed by atoms with van der Waals surface area (Å²) in [5.41, 5.74) is 5.52. The number of rotatable bonds is 5. The quantitative estimate of drug-likeness (QED) is 0.265. The molecule has 5 N–H and O–H groups in total. The van der Waals surface area contributed by atoms with Gasteiger partial charge in [-0.15, -0.1) is 0 Å². The molecule has 1 fully saturated rings. The van der Waals surface area contributed by atoms with Crippen LogP contribution in [0.25, 0.3) is 0 Å². The molecule has 0 saturated heterocycles. The highest BCUT2D eigenvalue weighted by atomic mass is 32.2. The van der Waals surface area contributed by atoms with Gasteiger partial charge < -0.3 is 5.73 Å². The van der Waals surface area contributed by atoms with Crippen LogP contribution in [0.2, 0.25) is 0 Å². The molecule has 8 nitrogen and oxygen atoms in total. The Morgan fingerprint density at radius 3 is 2.10 bits per heavy atom. The van der Waals surface area contributed by atoms with Crippen molar-refractivity contribution < 1.29 is 22.2 Å². The van der Waals surface area contributed by atoms with Crippen LogP contribution in [0.5, 0.6) is 0 Å². The minimum Gasteiger partial charge on any atom is -0.367 e. The average Bonchev–Trinajstić information content (AvgIpc) is 2.37. The van der Waals surface area contributed by atoms with Gasteiger partial charge in [0.25, 0.3) is 21.9 Å². The predicted molar refractivity (Wildman–Crippen MR) is 71.4 cm³/mol. The maximum atomic E-state index is 12.3. The Labute approximate surface area is 118 Å². The summed E-state index contributed by atoms with van der Waals surface area (Å²) in [6.07, 6.45) is 2.61. The fourth-order valence-electron chi connectivity index (χ4n) is 2.10. The zero-order valence-electron chi connectivity index (χ0n) is 11.6. The summed E-state index contributed by atoms with van der Waals surface area (Å²) in [7, 11) is -4.37. The van der Waals surface area contributed by atoms with Crippen LogP contribution in [0, 0.1) is 0 Å². The lowest BCUT2D eigenvalue weighted by molar-refractivity contribution is -0.136. The minimum atomic E-state index is -4.37.